The summed E-state index contributed by atoms with van der Waals surface area (Å²) in [6.45, 7) is 0. The molecule has 0 bridgehead atoms. The summed E-state index contributed by atoms with van der Waals surface area (Å²) in [6, 6.07) is 11.2. The van der Waals surface area contributed by atoms with Gasteiger partial charge in [-0.05, 0) is 67.5 Å². The minimum atomic E-state index is 0.423. The van der Waals surface area contributed by atoms with Crippen molar-refractivity contribution in [1.29, 1.82) is 5.26 Å². The van der Waals surface area contributed by atoms with E-state index in [0.29, 0.717) is 11.3 Å². The molecule has 2 aliphatic carbocycles. The average Bonchev–Trinajstić information content (AvgIpc) is 3.41. The van der Waals surface area contributed by atoms with Crippen LogP contribution in [-0.4, -0.2) is 16.1 Å². The van der Waals surface area contributed by atoms with Crippen molar-refractivity contribution in [2.45, 2.75) is 25.7 Å². The molecule has 1 heterocycles. The van der Waals surface area contributed by atoms with Crippen molar-refractivity contribution in [2.24, 2.45) is 5.92 Å². The average molecular weight is 315 g/mol. The van der Waals surface area contributed by atoms with E-state index in [4.69, 9.17) is 5.26 Å². The van der Waals surface area contributed by atoms with Gasteiger partial charge >= 0.3 is 0 Å². The summed E-state index contributed by atoms with van der Waals surface area (Å²) in [5.74, 6) is 0.803. The summed E-state index contributed by atoms with van der Waals surface area (Å²) in [5, 5.41) is 13.3. The van der Waals surface area contributed by atoms with E-state index >= 15 is 0 Å². The number of rotatable bonds is 4. The van der Waals surface area contributed by atoms with Crippen LogP contribution in [0.3, 0.4) is 0 Å². The van der Waals surface area contributed by atoms with Gasteiger partial charge in [-0.3, -0.25) is 4.79 Å². The number of carbonyl (C=O) groups is 1. The Morgan fingerprint density at radius 1 is 1.17 bits per heavy atom. The summed E-state index contributed by atoms with van der Waals surface area (Å²) >= 11 is 0. The molecule has 0 amide bonds. The smallest absolute Gasteiger partial charge is 0.170 e. The van der Waals surface area contributed by atoms with E-state index in [1.165, 1.54) is 18.4 Å². The van der Waals surface area contributed by atoms with Gasteiger partial charge in [0.2, 0.25) is 0 Å². The maximum Gasteiger partial charge on any atom is 0.170 e. The van der Waals surface area contributed by atoms with Crippen LogP contribution in [0.1, 0.15) is 47.4 Å². The van der Waals surface area contributed by atoms with E-state index in [9.17, 15) is 4.79 Å². The van der Waals surface area contributed by atoms with Gasteiger partial charge in [-0.1, -0.05) is 17.7 Å². The molecular formula is C20H17N3O. The number of allylic oxidation sites excluding steroid dienone is 4. The molecule has 4 nitrogen and oxygen atoms in total. The molecule has 0 N–H and O–H groups in total. The summed E-state index contributed by atoms with van der Waals surface area (Å²) < 4.78 is 1.80. The second kappa shape index (κ2) is 5.93. The molecule has 24 heavy (non-hydrogen) atoms. The molecule has 0 saturated heterocycles. The van der Waals surface area contributed by atoms with Crippen LogP contribution in [0.15, 0.2) is 48.1 Å². The molecule has 0 unspecified atom stereocenters. The Balaban J connectivity index is 1.73. The normalized spacial score (nSPS) is 17.0. The molecule has 1 saturated carbocycles. The number of hydrogen-bond donors (Lipinski definition) is 0. The molecule has 4 rings (SSSR count). The number of carbonyl (C=O) groups excluding carboxylic acids is 1. The fraction of sp³-hybridized carbons (Fsp3) is 0.250. The van der Waals surface area contributed by atoms with Crippen molar-refractivity contribution in [3.05, 3.63) is 65.0 Å². The molecule has 0 atom stereocenters. The largest absolute Gasteiger partial charge is 0.296 e. The highest BCUT2D eigenvalue weighted by Crippen LogP contribution is 2.42. The number of aldehydes is 1. The van der Waals surface area contributed by atoms with E-state index < -0.39 is 0 Å². The standard InChI is InChI=1S/C20H17N3O/c21-12-14-1-9-19(10-2-14)23-20(11-18(13-24)22-23)17-7-5-16(6-8-17)15-3-4-15/h1-2,5,7,9-11,13,15H,3-4,6,8H2. The number of nitriles is 1. The third-order valence-electron chi connectivity index (χ3n) is 4.70. The highest BCUT2D eigenvalue weighted by atomic mass is 16.1. The van der Waals surface area contributed by atoms with Gasteiger partial charge in [0, 0.05) is 0 Å². The first-order chi connectivity index (χ1) is 11.8. The topological polar surface area (TPSA) is 58.7 Å². The van der Waals surface area contributed by atoms with E-state index in [0.717, 1.165) is 36.4 Å². The van der Waals surface area contributed by atoms with Crippen LogP contribution in [-0.2, 0) is 0 Å². The van der Waals surface area contributed by atoms with Crippen LogP contribution in [0.4, 0.5) is 0 Å². The van der Waals surface area contributed by atoms with Gasteiger partial charge in [0.1, 0.15) is 5.69 Å². The molecule has 2 aromatic rings. The van der Waals surface area contributed by atoms with E-state index in [1.807, 2.05) is 18.2 Å². The second-order valence-electron chi connectivity index (χ2n) is 6.35. The predicted molar refractivity (Wildman–Crippen MR) is 91.7 cm³/mol. The zero-order chi connectivity index (χ0) is 16.5. The van der Waals surface area contributed by atoms with Crippen molar-refractivity contribution >= 4 is 11.9 Å². The van der Waals surface area contributed by atoms with Gasteiger partial charge in [0.25, 0.3) is 0 Å². The monoisotopic (exact) mass is 315 g/mol. The fourth-order valence-electron chi connectivity index (χ4n) is 3.22. The highest BCUT2D eigenvalue weighted by Gasteiger charge is 2.27. The molecule has 1 aromatic heterocycles. The minimum Gasteiger partial charge on any atom is -0.296 e. The summed E-state index contributed by atoms with van der Waals surface area (Å²) in [5.41, 5.74) is 5.59. The molecule has 0 aliphatic heterocycles. The van der Waals surface area contributed by atoms with Gasteiger partial charge in [0.05, 0.1) is 23.0 Å². The molecule has 1 aromatic carbocycles. The Labute approximate surface area is 140 Å². The SMILES string of the molecule is N#Cc1ccc(-n2nc(C=O)cc2C2=CC=C(C3CC3)CC2)cc1. The molecule has 4 heteroatoms. The lowest BCUT2D eigenvalue weighted by Gasteiger charge is -2.16. The third kappa shape index (κ3) is 2.69. The Bertz CT molecular complexity index is 890. The number of hydrogen-bond acceptors (Lipinski definition) is 3. The van der Waals surface area contributed by atoms with Crippen LogP contribution in [0.25, 0.3) is 11.3 Å². The summed E-state index contributed by atoms with van der Waals surface area (Å²) in [6.07, 6.45) is 9.91. The van der Waals surface area contributed by atoms with Crippen molar-refractivity contribution in [2.75, 3.05) is 0 Å². The van der Waals surface area contributed by atoms with Gasteiger partial charge in [-0.25, -0.2) is 4.68 Å². The first-order valence-electron chi connectivity index (χ1n) is 8.24. The van der Waals surface area contributed by atoms with Gasteiger partial charge in [-0.2, -0.15) is 10.4 Å². The molecule has 0 radical (unpaired) electrons. The maximum atomic E-state index is 11.2. The van der Waals surface area contributed by atoms with Crippen molar-refractivity contribution in [3.8, 4) is 11.8 Å². The Morgan fingerprint density at radius 2 is 1.96 bits per heavy atom. The maximum absolute atomic E-state index is 11.2. The number of nitrogens with zero attached hydrogens (tertiary/aromatic N) is 3. The second-order valence-corrected chi connectivity index (χ2v) is 6.35. The van der Waals surface area contributed by atoms with Crippen LogP contribution in [0.5, 0.6) is 0 Å². The van der Waals surface area contributed by atoms with Crippen LogP contribution < -0.4 is 0 Å². The lowest BCUT2D eigenvalue weighted by molar-refractivity contribution is 0.111. The Morgan fingerprint density at radius 3 is 2.54 bits per heavy atom. The van der Waals surface area contributed by atoms with Crippen LogP contribution in [0.2, 0.25) is 0 Å². The first-order valence-corrected chi connectivity index (χ1v) is 8.24. The van der Waals surface area contributed by atoms with Crippen molar-refractivity contribution < 1.29 is 4.79 Å². The van der Waals surface area contributed by atoms with Gasteiger partial charge in [-0.15, -0.1) is 0 Å². The number of benzene rings is 1. The van der Waals surface area contributed by atoms with Gasteiger partial charge < -0.3 is 0 Å². The zero-order valence-electron chi connectivity index (χ0n) is 13.3. The van der Waals surface area contributed by atoms with Crippen molar-refractivity contribution in [3.63, 3.8) is 0 Å². The fourth-order valence-corrected chi connectivity index (χ4v) is 3.22. The van der Waals surface area contributed by atoms with Gasteiger partial charge in [0.15, 0.2) is 6.29 Å². The molecular weight excluding hydrogens is 298 g/mol. The van der Waals surface area contributed by atoms with Crippen LogP contribution >= 0.6 is 0 Å². The molecule has 2 aliphatic rings. The summed E-state index contributed by atoms with van der Waals surface area (Å²) in [4.78, 5) is 11.2. The molecule has 0 spiro atoms. The van der Waals surface area contributed by atoms with Crippen molar-refractivity contribution in [1.82, 2.24) is 9.78 Å². The minimum absolute atomic E-state index is 0.423. The predicted octanol–water partition coefficient (Wildman–Crippen LogP) is 4.07. The number of aromatic nitrogens is 2. The zero-order valence-corrected chi connectivity index (χ0v) is 13.3. The molecule has 118 valence electrons. The lowest BCUT2D eigenvalue weighted by atomic mass is 9.93. The first kappa shape index (κ1) is 14.6. The lowest BCUT2D eigenvalue weighted by Crippen LogP contribution is -2.04. The van der Waals surface area contributed by atoms with E-state index in [1.54, 1.807) is 22.4 Å². The highest BCUT2D eigenvalue weighted by molar-refractivity contribution is 5.77. The quantitative estimate of drug-likeness (QED) is 0.799. The van der Waals surface area contributed by atoms with Crippen LogP contribution in [0, 0.1) is 17.2 Å². The third-order valence-corrected chi connectivity index (χ3v) is 4.70. The van der Waals surface area contributed by atoms with E-state index in [2.05, 4.69) is 23.3 Å². The summed E-state index contributed by atoms with van der Waals surface area (Å²) in [7, 11) is 0. The molecule has 1 fully saturated rings. The van der Waals surface area contributed by atoms with E-state index in [-0.39, 0.29) is 0 Å². The Kier molecular flexibility index (Phi) is 3.62. The Hall–Kier alpha value is -2.93.